The number of nitrogens with zero attached hydrogens (tertiary/aromatic N) is 2. The Morgan fingerprint density at radius 3 is 2.63 bits per heavy atom. The van der Waals surface area contributed by atoms with Crippen LogP contribution in [0.3, 0.4) is 0 Å². The third kappa shape index (κ3) is 3.74. The fourth-order valence-electron chi connectivity index (χ4n) is 3.99. The predicted octanol–water partition coefficient (Wildman–Crippen LogP) is 4.09. The highest BCUT2D eigenvalue weighted by molar-refractivity contribution is 5.95. The molecule has 1 atom stereocenters. The Bertz CT molecular complexity index is 923. The summed E-state index contributed by atoms with van der Waals surface area (Å²) in [6.07, 6.45) is 8.17. The van der Waals surface area contributed by atoms with Crippen LogP contribution in [0.2, 0.25) is 0 Å². The minimum Gasteiger partial charge on any atom is -0.325 e. The minimum atomic E-state index is -0.433. The Hall–Kier alpha value is -2.66. The summed E-state index contributed by atoms with van der Waals surface area (Å²) in [5.41, 5.74) is 10.1. The number of benzene rings is 1. The number of carbonyl (C=O) groups excluding carboxylic acids is 1. The molecule has 1 aliphatic carbocycles. The molecule has 140 valence electrons. The van der Waals surface area contributed by atoms with Crippen molar-refractivity contribution in [2.45, 2.75) is 38.6 Å². The van der Waals surface area contributed by atoms with Crippen molar-refractivity contribution in [3.05, 3.63) is 54.9 Å². The van der Waals surface area contributed by atoms with E-state index >= 15 is 0 Å². The Balaban J connectivity index is 1.45. The van der Waals surface area contributed by atoms with Crippen molar-refractivity contribution in [1.29, 1.82) is 0 Å². The van der Waals surface area contributed by atoms with Crippen molar-refractivity contribution in [3.8, 4) is 11.3 Å². The standard InChI is InChI=1S/C22H26N4O/c1-15-5-7-17(8-6-15)21(23)22(27)25-18-11-9-16(10-12-18)19-3-2-4-20-24-13-14-26(19)20/h2-4,9-15,17,21H,5-8,23H2,1H3,(H,25,27)/t15?,17?,21-/m0/s1. The highest BCUT2D eigenvalue weighted by atomic mass is 16.2. The van der Waals surface area contributed by atoms with Crippen molar-refractivity contribution < 1.29 is 4.79 Å². The summed E-state index contributed by atoms with van der Waals surface area (Å²) in [4.78, 5) is 16.9. The van der Waals surface area contributed by atoms with Gasteiger partial charge in [0.05, 0.1) is 11.7 Å². The van der Waals surface area contributed by atoms with Crippen LogP contribution in [-0.4, -0.2) is 21.3 Å². The molecule has 0 unspecified atom stereocenters. The van der Waals surface area contributed by atoms with E-state index in [4.69, 9.17) is 5.73 Å². The maximum atomic E-state index is 12.5. The van der Waals surface area contributed by atoms with E-state index in [-0.39, 0.29) is 5.91 Å². The summed E-state index contributed by atoms with van der Waals surface area (Å²) in [6.45, 7) is 2.27. The van der Waals surface area contributed by atoms with Gasteiger partial charge in [0.15, 0.2) is 0 Å². The lowest BCUT2D eigenvalue weighted by atomic mass is 9.79. The molecule has 1 amide bonds. The van der Waals surface area contributed by atoms with Crippen LogP contribution in [0.25, 0.3) is 16.9 Å². The molecular formula is C22H26N4O. The molecule has 2 heterocycles. The number of aromatic nitrogens is 2. The lowest BCUT2D eigenvalue weighted by Gasteiger charge is -2.29. The molecule has 1 aliphatic rings. The molecule has 0 radical (unpaired) electrons. The smallest absolute Gasteiger partial charge is 0.241 e. The van der Waals surface area contributed by atoms with Crippen molar-refractivity contribution in [2.24, 2.45) is 17.6 Å². The number of hydrogen-bond acceptors (Lipinski definition) is 3. The summed E-state index contributed by atoms with van der Waals surface area (Å²) < 4.78 is 2.05. The molecular weight excluding hydrogens is 336 g/mol. The number of amides is 1. The van der Waals surface area contributed by atoms with Gasteiger partial charge in [0.2, 0.25) is 5.91 Å². The van der Waals surface area contributed by atoms with E-state index in [1.54, 1.807) is 6.20 Å². The van der Waals surface area contributed by atoms with Crippen LogP contribution >= 0.6 is 0 Å². The number of pyridine rings is 1. The maximum absolute atomic E-state index is 12.5. The third-order valence-electron chi connectivity index (χ3n) is 5.75. The van der Waals surface area contributed by atoms with Crippen molar-refractivity contribution in [1.82, 2.24) is 9.38 Å². The van der Waals surface area contributed by atoms with Gasteiger partial charge in [0, 0.05) is 18.1 Å². The molecule has 3 N–H and O–H groups in total. The van der Waals surface area contributed by atoms with Gasteiger partial charge in [-0.15, -0.1) is 0 Å². The summed E-state index contributed by atoms with van der Waals surface area (Å²) >= 11 is 0. The van der Waals surface area contributed by atoms with Gasteiger partial charge in [-0.1, -0.05) is 38.0 Å². The Morgan fingerprint density at radius 1 is 1.15 bits per heavy atom. The molecule has 0 bridgehead atoms. The van der Waals surface area contributed by atoms with Crippen LogP contribution < -0.4 is 11.1 Å². The first-order chi connectivity index (χ1) is 13.1. The molecule has 3 aromatic rings. The second-order valence-electron chi connectivity index (χ2n) is 7.68. The second-order valence-corrected chi connectivity index (χ2v) is 7.68. The number of carbonyl (C=O) groups is 1. The lowest BCUT2D eigenvalue weighted by Crippen LogP contribution is -2.43. The molecule has 4 rings (SSSR count). The maximum Gasteiger partial charge on any atom is 0.241 e. The predicted molar refractivity (Wildman–Crippen MR) is 108 cm³/mol. The van der Waals surface area contributed by atoms with Crippen molar-refractivity contribution in [3.63, 3.8) is 0 Å². The van der Waals surface area contributed by atoms with Crippen molar-refractivity contribution in [2.75, 3.05) is 5.32 Å². The van der Waals surface area contributed by atoms with Gasteiger partial charge in [0.25, 0.3) is 0 Å². The molecule has 0 spiro atoms. The average molecular weight is 362 g/mol. The van der Waals surface area contributed by atoms with Gasteiger partial charge in [-0.2, -0.15) is 0 Å². The van der Waals surface area contributed by atoms with Gasteiger partial charge in [-0.25, -0.2) is 4.98 Å². The number of imidazole rings is 1. The number of rotatable bonds is 4. The largest absolute Gasteiger partial charge is 0.325 e. The van der Waals surface area contributed by atoms with Crippen LogP contribution in [0.15, 0.2) is 54.9 Å². The number of hydrogen-bond donors (Lipinski definition) is 2. The van der Waals surface area contributed by atoms with E-state index in [0.29, 0.717) is 5.92 Å². The molecule has 0 aliphatic heterocycles. The number of anilines is 1. The SMILES string of the molecule is CC1CCC([C@H](N)C(=O)Nc2ccc(-c3cccc4nccn34)cc2)CC1. The van der Waals surface area contributed by atoms with Crippen LogP contribution in [0.1, 0.15) is 32.6 Å². The number of nitrogens with two attached hydrogens (primary N) is 1. The fourth-order valence-corrected chi connectivity index (χ4v) is 3.99. The van der Waals surface area contributed by atoms with Crippen molar-refractivity contribution >= 4 is 17.2 Å². The summed E-state index contributed by atoms with van der Waals surface area (Å²) in [5.74, 6) is 0.960. The van der Waals surface area contributed by atoms with E-state index in [0.717, 1.165) is 41.4 Å². The monoisotopic (exact) mass is 362 g/mol. The van der Waals surface area contributed by atoms with Gasteiger partial charge in [0.1, 0.15) is 5.65 Å². The lowest BCUT2D eigenvalue weighted by molar-refractivity contribution is -0.118. The first kappa shape index (κ1) is 17.7. The highest BCUT2D eigenvalue weighted by Gasteiger charge is 2.28. The van der Waals surface area contributed by atoms with E-state index < -0.39 is 6.04 Å². The molecule has 1 aromatic carbocycles. The van der Waals surface area contributed by atoms with Crippen LogP contribution in [0.5, 0.6) is 0 Å². The minimum absolute atomic E-state index is 0.0842. The Morgan fingerprint density at radius 2 is 1.89 bits per heavy atom. The van der Waals surface area contributed by atoms with Crippen LogP contribution in [0, 0.1) is 11.8 Å². The third-order valence-corrected chi connectivity index (χ3v) is 5.75. The van der Waals surface area contributed by atoms with Gasteiger partial charge >= 0.3 is 0 Å². The number of fused-ring (bicyclic) bond motifs is 1. The van der Waals surface area contributed by atoms with E-state index in [2.05, 4.69) is 23.3 Å². The zero-order valence-corrected chi connectivity index (χ0v) is 15.6. The molecule has 0 saturated heterocycles. The Labute approximate surface area is 159 Å². The fraction of sp³-hybridized carbons (Fsp3) is 0.364. The van der Waals surface area contributed by atoms with Gasteiger partial charge in [-0.3, -0.25) is 9.20 Å². The first-order valence-corrected chi connectivity index (χ1v) is 9.71. The molecule has 5 nitrogen and oxygen atoms in total. The molecule has 27 heavy (non-hydrogen) atoms. The normalized spacial score (nSPS) is 21.1. The topological polar surface area (TPSA) is 72.4 Å². The van der Waals surface area contributed by atoms with E-state index in [9.17, 15) is 4.79 Å². The molecule has 1 saturated carbocycles. The molecule has 5 heteroatoms. The zero-order chi connectivity index (χ0) is 18.8. The zero-order valence-electron chi connectivity index (χ0n) is 15.6. The van der Waals surface area contributed by atoms with Crippen LogP contribution in [-0.2, 0) is 4.79 Å². The Kier molecular flexibility index (Phi) is 4.94. The van der Waals surface area contributed by atoms with E-state index in [1.807, 2.05) is 47.0 Å². The quantitative estimate of drug-likeness (QED) is 0.734. The summed E-state index contributed by atoms with van der Waals surface area (Å²) in [7, 11) is 0. The van der Waals surface area contributed by atoms with Crippen LogP contribution in [0.4, 0.5) is 5.69 Å². The first-order valence-electron chi connectivity index (χ1n) is 9.71. The van der Waals surface area contributed by atoms with Gasteiger partial charge < -0.3 is 11.1 Å². The summed E-state index contributed by atoms with van der Waals surface area (Å²) in [5, 5.41) is 2.98. The summed E-state index contributed by atoms with van der Waals surface area (Å²) in [6, 6.07) is 13.5. The number of nitrogens with one attached hydrogen (secondary N) is 1. The second kappa shape index (κ2) is 7.53. The average Bonchev–Trinajstić information content (AvgIpc) is 3.17. The highest BCUT2D eigenvalue weighted by Crippen LogP contribution is 2.30. The van der Waals surface area contributed by atoms with Gasteiger partial charge in [-0.05, 0) is 54.5 Å². The van der Waals surface area contributed by atoms with E-state index in [1.165, 1.54) is 12.8 Å². The molecule has 2 aromatic heterocycles. The molecule has 1 fully saturated rings.